The molecular formula is C16H12F3N5O2. The standard InChI is InChI=1S/C16H12F3N5O2/c17-9-5-6-11(16(19)15(9)18)21-13(25)7-20-14(26)8-24-12-4-2-1-3-10(12)22-23-24/h1-6H,7-8H2,(H,20,26)(H,21,25). The van der Waals surface area contributed by atoms with Crippen LogP contribution in [-0.2, 0) is 16.1 Å². The summed E-state index contributed by atoms with van der Waals surface area (Å²) in [6.45, 7) is -0.656. The highest BCUT2D eigenvalue weighted by molar-refractivity contribution is 5.94. The molecule has 0 aliphatic heterocycles. The van der Waals surface area contributed by atoms with Crippen molar-refractivity contribution in [1.29, 1.82) is 0 Å². The molecule has 10 heteroatoms. The Morgan fingerprint density at radius 2 is 1.77 bits per heavy atom. The maximum Gasteiger partial charge on any atom is 0.243 e. The molecule has 2 N–H and O–H groups in total. The summed E-state index contributed by atoms with van der Waals surface area (Å²) in [7, 11) is 0. The summed E-state index contributed by atoms with van der Waals surface area (Å²) < 4.78 is 40.8. The van der Waals surface area contributed by atoms with Gasteiger partial charge in [-0.15, -0.1) is 5.10 Å². The van der Waals surface area contributed by atoms with Crippen LogP contribution >= 0.6 is 0 Å². The van der Waals surface area contributed by atoms with E-state index in [-0.39, 0.29) is 6.54 Å². The fourth-order valence-corrected chi connectivity index (χ4v) is 2.22. The van der Waals surface area contributed by atoms with E-state index >= 15 is 0 Å². The van der Waals surface area contributed by atoms with Gasteiger partial charge in [-0.1, -0.05) is 17.3 Å². The second kappa shape index (κ2) is 7.21. The highest BCUT2D eigenvalue weighted by atomic mass is 19.2. The minimum atomic E-state index is -1.69. The van der Waals surface area contributed by atoms with Crippen molar-refractivity contribution in [3.63, 3.8) is 0 Å². The van der Waals surface area contributed by atoms with E-state index in [9.17, 15) is 22.8 Å². The summed E-state index contributed by atoms with van der Waals surface area (Å²) >= 11 is 0. The van der Waals surface area contributed by atoms with Gasteiger partial charge in [-0.05, 0) is 24.3 Å². The van der Waals surface area contributed by atoms with Crippen molar-refractivity contribution in [2.75, 3.05) is 11.9 Å². The third kappa shape index (κ3) is 3.63. The van der Waals surface area contributed by atoms with Gasteiger partial charge in [-0.25, -0.2) is 17.9 Å². The van der Waals surface area contributed by atoms with Crippen LogP contribution in [0, 0.1) is 17.5 Å². The minimum absolute atomic E-state index is 0.173. The monoisotopic (exact) mass is 363 g/mol. The summed E-state index contributed by atoms with van der Waals surface area (Å²) in [5.74, 6) is -5.90. The van der Waals surface area contributed by atoms with E-state index in [1.54, 1.807) is 24.3 Å². The molecule has 0 unspecified atom stereocenters. The average Bonchev–Trinajstić information content (AvgIpc) is 3.03. The summed E-state index contributed by atoms with van der Waals surface area (Å²) in [6, 6.07) is 8.59. The number of hydrogen-bond donors (Lipinski definition) is 2. The molecule has 0 fully saturated rings. The molecule has 26 heavy (non-hydrogen) atoms. The van der Waals surface area contributed by atoms with Gasteiger partial charge >= 0.3 is 0 Å². The first-order chi connectivity index (χ1) is 12.5. The van der Waals surface area contributed by atoms with Crippen LogP contribution in [0.3, 0.4) is 0 Å². The molecule has 0 spiro atoms. The summed E-state index contributed by atoms with van der Waals surface area (Å²) in [5.41, 5.74) is 0.744. The Hall–Kier alpha value is -3.43. The number of para-hydroxylation sites is 1. The Morgan fingerprint density at radius 1 is 1.00 bits per heavy atom. The van der Waals surface area contributed by atoms with Crippen LogP contribution < -0.4 is 10.6 Å². The number of nitrogens with one attached hydrogen (secondary N) is 2. The molecule has 2 amide bonds. The first-order valence-corrected chi connectivity index (χ1v) is 7.44. The number of fused-ring (bicyclic) bond motifs is 1. The lowest BCUT2D eigenvalue weighted by Crippen LogP contribution is -2.35. The average molecular weight is 363 g/mol. The number of anilines is 1. The maximum absolute atomic E-state index is 13.5. The maximum atomic E-state index is 13.5. The molecule has 0 aliphatic carbocycles. The van der Waals surface area contributed by atoms with Crippen LogP contribution in [0.2, 0.25) is 0 Å². The number of hydrogen-bond acceptors (Lipinski definition) is 4. The fraction of sp³-hybridized carbons (Fsp3) is 0.125. The van der Waals surface area contributed by atoms with Gasteiger partial charge in [0.05, 0.1) is 17.7 Å². The molecule has 0 saturated heterocycles. The van der Waals surface area contributed by atoms with Crippen molar-refractivity contribution in [3.8, 4) is 0 Å². The first-order valence-electron chi connectivity index (χ1n) is 7.44. The molecule has 0 radical (unpaired) electrons. The third-order valence-electron chi connectivity index (χ3n) is 3.47. The smallest absolute Gasteiger partial charge is 0.243 e. The molecule has 3 rings (SSSR count). The van der Waals surface area contributed by atoms with E-state index in [0.29, 0.717) is 17.1 Å². The third-order valence-corrected chi connectivity index (χ3v) is 3.47. The zero-order valence-electron chi connectivity index (χ0n) is 13.2. The van der Waals surface area contributed by atoms with E-state index in [2.05, 4.69) is 20.9 Å². The van der Waals surface area contributed by atoms with Crippen LogP contribution in [-0.4, -0.2) is 33.4 Å². The Bertz CT molecular complexity index is 989. The Balaban J connectivity index is 1.56. The Labute approximate surface area is 144 Å². The van der Waals surface area contributed by atoms with Crippen molar-refractivity contribution >= 4 is 28.5 Å². The number of amides is 2. The topological polar surface area (TPSA) is 88.9 Å². The van der Waals surface area contributed by atoms with Crippen LogP contribution in [0.25, 0.3) is 11.0 Å². The van der Waals surface area contributed by atoms with Crippen molar-refractivity contribution in [2.24, 2.45) is 0 Å². The van der Waals surface area contributed by atoms with Gasteiger partial charge in [0.2, 0.25) is 11.8 Å². The number of aromatic nitrogens is 3. The van der Waals surface area contributed by atoms with Gasteiger partial charge in [0.1, 0.15) is 12.1 Å². The lowest BCUT2D eigenvalue weighted by molar-refractivity contribution is -0.124. The Morgan fingerprint density at radius 3 is 2.58 bits per heavy atom. The second-order valence-electron chi connectivity index (χ2n) is 5.28. The first kappa shape index (κ1) is 17.4. The van der Waals surface area contributed by atoms with Crippen LogP contribution in [0.5, 0.6) is 0 Å². The van der Waals surface area contributed by atoms with Gasteiger partial charge in [0.25, 0.3) is 0 Å². The van der Waals surface area contributed by atoms with E-state index in [1.807, 2.05) is 0 Å². The van der Waals surface area contributed by atoms with Gasteiger partial charge in [0.15, 0.2) is 17.5 Å². The molecule has 0 saturated carbocycles. The molecule has 7 nitrogen and oxygen atoms in total. The van der Waals surface area contributed by atoms with E-state index in [1.165, 1.54) is 4.68 Å². The zero-order valence-corrected chi connectivity index (χ0v) is 13.2. The fourth-order valence-electron chi connectivity index (χ4n) is 2.22. The highest BCUT2D eigenvalue weighted by Crippen LogP contribution is 2.19. The van der Waals surface area contributed by atoms with E-state index in [0.717, 1.165) is 6.07 Å². The van der Waals surface area contributed by atoms with Crippen LogP contribution in [0.15, 0.2) is 36.4 Å². The van der Waals surface area contributed by atoms with Gasteiger partial charge in [-0.3, -0.25) is 9.59 Å². The molecule has 0 bridgehead atoms. The minimum Gasteiger partial charge on any atom is -0.345 e. The highest BCUT2D eigenvalue weighted by Gasteiger charge is 2.16. The summed E-state index contributed by atoms with van der Waals surface area (Å²) in [5, 5.41) is 12.1. The molecule has 0 atom stereocenters. The van der Waals surface area contributed by atoms with Gasteiger partial charge in [-0.2, -0.15) is 0 Å². The van der Waals surface area contributed by atoms with Crippen molar-refractivity contribution in [2.45, 2.75) is 6.54 Å². The predicted octanol–water partition coefficient (Wildman–Crippen LogP) is 1.60. The molecule has 0 aliphatic rings. The number of carbonyl (C=O) groups is 2. The molecule has 2 aromatic carbocycles. The molecular weight excluding hydrogens is 351 g/mol. The number of rotatable bonds is 5. The molecule has 134 valence electrons. The SMILES string of the molecule is O=C(Cn1nnc2ccccc21)NCC(=O)Nc1ccc(F)c(F)c1F. The molecule has 1 aromatic heterocycles. The second-order valence-corrected chi connectivity index (χ2v) is 5.28. The number of benzene rings is 2. The number of halogens is 3. The van der Waals surface area contributed by atoms with Crippen molar-refractivity contribution in [3.05, 3.63) is 53.8 Å². The van der Waals surface area contributed by atoms with Crippen LogP contribution in [0.1, 0.15) is 0 Å². The van der Waals surface area contributed by atoms with E-state index < -0.39 is 41.5 Å². The lowest BCUT2D eigenvalue weighted by atomic mass is 10.2. The largest absolute Gasteiger partial charge is 0.345 e. The quantitative estimate of drug-likeness (QED) is 0.674. The van der Waals surface area contributed by atoms with Gasteiger partial charge in [0, 0.05) is 0 Å². The Kier molecular flexibility index (Phi) is 4.83. The summed E-state index contributed by atoms with van der Waals surface area (Å²) in [6.07, 6.45) is 0. The lowest BCUT2D eigenvalue weighted by Gasteiger charge is -2.08. The molecule has 1 heterocycles. The van der Waals surface area contributed by atoms with Crippen LogP contribution in [0.4, 0.5) is 18.9 Å². The normalized spacial score (nSPS) is 10.7. The van der Waals surface area contributed by atoms with Crippen molar-refractivity contribution in [1.82, 2.24) is 20.3 Å². The summed E-state index contributed by atoms with van der Waals surface area (Å²) in [4.78, 5) is 23.7. The van der Waals surface area contributed by atoms with Gasteiger partial charge < -0.3 is 10.6 Å². The predicted molar refractivity (Wildman–Crippen MR) is 85.5 cm³/mol. The molecule has 3 aromatic rings. The van der Waals surface area contributed by atoms with Crippen molar-refractivity contribution < 1.29 is 22.8 Å². The number of carbonyl (C=O) groups excluding carboxylic acids is 2. The zero-order chi connectivity index (χ0) is 18.7. The number of nitrogens with zero attached hydrogens (tertiary/aromatic N) is 3. The van der Waals surface area contributed by atoms with E-state index in [4.69, 9.17) is 0 Å².